The zero-order valence-corrected chi connectivity index (χ0v) is 20.6. The Hall–Kier alpha value is -3.23. The van der Waals surface area contributed by atoms with Crippen LogP contribution in [0.25, 0.3) is 10.4 Å². The number of anilines is 1. The van der Waals surface area contributed by atoms with Gasteiger partial charge in [-0.25, -0.2) is 23.2 Å². The molecule has 0 saturated carbocycles. The number of thiazole rings is 1. The zero-order valence-electron chi connectivity index (χ0n) is 19.0. The second kappa shape index (κ2) is 9.33. The Morgan fingerprint density at radius 3 is 2.64 bits per heavy atom. The van der Waals surface area contributed by atoms with Crippen molar-refractivity contribution in [2.24, 2.45) is 0 Å². The number of nitrogens with zero attached hydrogens (tertiary/aromatic N) is 3. The van der Waals surface area contributed by atoms with Gasteiger partial charge < -0.3 is 9.73 Å². The van der Waals surface area contributed by atoms with E-state index in [-0.39, 0.29) is 15.9 Å². The fourth-order valence-corrected chi connectivity index (χ4v) is 4.77. The minimum absolute atomic E-state index is 0.0192. The third kappa shape index (κ3) is 5.97. The van der Waals surface area contributed by atoms with Crippen molar-refractivity contribution in [2.75, 3.05) is 18.1 Å². The normalized spacial score (nSPS) is 11.8. The third-order valence-corrected chi connectivity index (χ3v) is 6.97. The van der Waals surface area contributed by atoms with E-state index < -0.39 is 15.9 Å². The number of carbonyl (C=O) groups excluding carboxylic acids is 1. The highest BCUT2D eigenvalue weighted by atomic mass is 32.2. The molecule has 3 rings (SSSR count). The first-order valence-electron chi connectivity index (χ1n) is 10.1. The quantitative estimate of drug-likeness (QED) is 0.535. The molecule has 0 atom stereocenters. The van der Waals surface area contributed by atoms with Gasteiger partial charge in [0.1, 0.15) is 11.8 Å². The summed E-state index contributed by atoms with van der Waals surface area (Å²) >= 11 is 1.24. The molecule has 0 aliphatic rings. The maximum absolute atomic E-state index is 12.3. The first kappa shape index (κ1) is 24.4. The number of rotatable bonds is 6. The Morgan fingerprint density at radius 2 is 2.03 bits per heavy atom. The average Bonchev–Trinajstić information content (AvgIpc) is 3.33. The van der Waals surface area contributed by atoms with Crippen molar-refractivity contribution in [3.8, 4) is 16.5 Å². The van der Waals surface area contributed by atoms with Gasteiger partial charge in [0.25, 0.3) is 0 Å². The zero-order chi connectivity index (χ0) is 24.4. The van der Waals surface area contributed by atoms with Gasteiger partial charge in [-0.05, 0) is 24.6 Å². The highest BCUT2D eigenvalue weighted by Gasteiger charge is 2.20. The Kier molecular flexibility index (Phi) is 6.90. The molecule has 0 spiro atoms. The van der Waals surface area contributed by atoms with Crippen LogP contribution in [0.5, 0.6) is 0 Å². The molecule has 0 radical (unpaired) electrons. The molecule has 33 heavy (non-hydrogen) atoms. The molecule has 2 heterocycles. The van der Waals surface area contributed by atoms with Gasteiger partial charge in [-0.2, -0.15) is 5.26 Å². The number of carbonyl (C=O) groups is 1. The minimum Gasteiger partial charge on any atom is -0.445 e. The SMILES string of the molecule is Cc1nc(NC(=O)NCCc2ncc(C(C)(C)C)o2)sc1-c1ccc(S(C)(=O)=O)c(C#N)c1. The summed E-state index contributed by atoms with van der Waals surface area (Å²) in [5.41, 5.74) is 1.24. The highest BCUT2D eigenvalue weighted by molar-refractivity contribution is 7.90. The summed E-state index contributed by atoms with van der Waals surface area (Å²) in [7, 11) is -3.51. The van der Waals surface area contributed by atoms with Crippen molar-refractivity contribution in [1.82, 2.24) is 15.3 Å². The van der Waals surface area contributed by atoms with E-state index >= 15 is 0 Å². The number of oxazole rings is 1. The Bertz CT molecular complexity index is 1330. The Morgan fingerprint density at radius 1 is 1.30 bits per heavy atom. The predicted molar refractivity (Wildman–Crippen MR) is 126 cm³/mol. The van der Waals surface area contributed by atoms with Gasteiger partial charge in [0.05, 0.1) is 27.2 Å². The summed E-state index contributed by atoms with van der Waals surface area (Å²) in [6, 6.07) is 6.07. The van der Waals surface area contributed by atoms with E-state index in [4.69, 9.17) is 4.42 Å². The molecule has 11 heteroatoms. The fraction of sp³-hybridized carbons (Fsp3) is 0.364. The molecule has 0 saturated heterocycles. The average molecular weight is 488 g/mol. The lowest BCUT2D eigenvalue weighted by Crippen LogP contribution is -2.30. The van der Waals surface area contributed by atoms with Gasteiger partial charge in [0.2, 0.25) is 0 Å². The summed E-state index contributed by atoms with van der Waals surface area (Å²) in [6.07, 6.45) is 3.22. The smallest absolute Gasteiger partial charge is 0.321 e. The van der Waals surface area contributed by atoms with E-state index in [0.29, 0.717) is 35.2 Å². The van der Waals surface area contributed by atoms with Crippen LogP contribution in [0, 0.1) is 18.3 Å². The molecule has 9 nitrogen and oxygen atoms in total. The Balaban J connectivity index is 1.64. The molecule has 0 fully saturated rings. The van der Waals surface area contributed by atoms with E-state index in [9.17, 15) is 18.5 Å². The third-order valence-electron chi connectivity index (χ3n) is 4.70. The van der Waals surface area contributed by atoms with Gasteiger partial charge in [-0.15, -0.1) is 0 Å². The van der Waals surface area contributed by atoms with E-state index in [1.54, 1.807) is 19.2 Å². The van der Waals surface area contributed by atoms with E-state index in [1.165, 1.54) is 23.5 Å². The molecule has 3 aromatic rings. The van der Waals surface area contributed by atoms with E-state index in [2.05, 4.69) is 20.6 Å². The number of hydrogen-bond donors (Lipinski definition) is 2. The maximum atomic E-state index is 12.3. The largest absolute Gasteiger partial charge is 0.445 e. The molecular formula is C22H25N5O4S2. The number of amides is 2. The second-order valence-corrected chi connectivity index (χ2v) is 11.5. The van der Waals surface area contributed by atoms with Crippen molar-refractivity contribution < 1.29 is 17.6 Å². The number of urea groups is 1. The Labute approximate surface area is 196 Å². The van der Waals surface area contributed by atoms with Crippen molar-refractivity contribution in [3.63, 3.8) is 0 Å². The molecule has 2 amide bonds. The molecule has 174 valence electrons. The van der Waals surface area contributed by atoms with Crippen LogP contribution < -0.4 is 10.6 Å². The lowest BCUT2D eigenvalue weighted by atomic mass is 9.94. The molecule has 2 aromatic heterocycles. The number of sulfone groups is 1. The predicted octanol–water partition coefficient (Wildman–Crippen LogP) is 4.04. The van der Waals surface area contributed by atoms with Gasteiger partial charge >= 0.3 is 6.03 Å². The fourth-order valence-electron chi connectivity index (χ4n) is 3.00. The summed E-state index contributed by atoms with van der Waals surface area (Å²) in [5.74, 6) is 1.34. The monoisotopic (exact) mass is 487 g/mol. The topological polar surface area (TPSA) is 138 Å². The van der Waals surface area contributed by atoms with Gasteiger partial charge in [0, 0.05) is 24.6 Å². The van der Waals surface area contributed by atoms with Crippen molar-refractivity contribution in [2.45, 2.75) is 44.4 Å². The molecule has 0 unspecified atom stereocenters. The van der Waals surface area contributed by atoms with Gasteiger partial charge in [-0.1, -0.05) is 38.2 Å². The summed E-state index contributed by atoms with van der Waals surface area (Å²) in [6.45, 7) is 8.23. The number of hydrogen-bond acceptors (Lipinski definition) is 8. The van der Waals surface area contributed by atoms with Crippen LogP contribution in [0.3, 0.4) is 0 Å². The van der Waals surface area contributed by atoms with Crippen molar-refractivity contribution in [3.05, 3.63) is 47.3 Å². The molecule has 0 aliphatic heterocycles. The highest BCUT2D eigenvalue weighted by Crippen LogP contribution is 2.34. The summed E-state index contributed by atoms with van der Waals surface area (Å²) < 4.78 is 29.4. The van der Waals surface area contributed by atoms with Crippen LogP contribution in [-0.2, 0) is 21.7 Å². The van der Waals surface area contributed by atoms with Crippen LogP contribution in [0.1, 0.15) is 43.7 Å². The van der Waals surface area contributed by atoms with Crippen LogP contribution in [0.15, 0.2) is 33.7 Å². The molecule has 0 bridgehead atoms. The van der Waals surface area contributed by atoms with Crippen LogP contribution in [-0.4, -0.2) is 37.2 Å². The minimum atomic E-state index is -3.51. The van der Waals surface area contributed by atoms with Gasteiger partial charge in [0.15, 0.2) is 20.9 Å². The van der Waals surface area contributed by atoms with Gasteiger partial charge in [-0.3, -0.25) is 5.32 Å². The standard InChI is InChI=1S/C22H25N5O4S2/c1-13-19(14-6-7-16(33(5,29)30)15(10-14)11-23)32-21(26-13)27-20(28)24-9-8-18-25-12-17(31-18)22(2,3)4/h6-7,10,12H,8-9H2,1-5H3,(H2,24,26,27,28). The number of nitriles is 1. The lowest BCUT2D eigenvalue weighted by molar-refractivity contribution is 0.252. The summed E-state index contributed by atoms with van der Waals surface area (Å²) in [5, 5.41) is 15.2. The number of benzene rings is 1. The van der Waals surface area contributed by atoms with Crippen molar-refractivity contribution in [1.29, 1.82) is 5.26 Å². The lowest BCUT2D eigenvalue weighted by Gasteiger charge is -2.13. The van der Waals surface area contributed by atoms with Crippen molar-refractivity contribution >= 4 is 32.3 Å². The second-order valence-electron chi connectivity index (χ2n) is 8.53. The summed E-state index contributed by atoms with van der Waals surface area (Å²) in [4.78, 5) is 21.6. The first-order chi connectivity index (χ1) is 15.4. The molecule has 0 aliphatic carbocycles. The van der Waals surface area contributed by atoms with E-state index in [1.807, 2.05) is 26.8 Å². The first-order valence-corrected chi connectivity index (χ1v) is 12.8. The van der Waals surface area contributed by atoms with Crippen LogP contribution in [0.2, 0.25) is 0 Å². The van der Waals surface area contributed by atoms with E-state index in [0.717, 1.165) is 16.9 Å². The number of aromatic nitrogens is 2. The number of aryl methyl sites for hydroxylation is 1. The molecule has 2 N–H and O–H groups in total. The number of nitrogens with one attached hydrogen (secondary N) is 2. The molecular weight excluding hydrogens is 462 g/mol. The van der Waals surface area contributed by atoms with Crippen LogP contribution in [0.4, 0.5) is 9.93 Å². The van der Waals surface area contributed by atoms with Crippen LogP contribution >= 0.6 is 11.3 Å². The maximum Gasteiger partial charge on any atom is 0.321 e. The molecule has 1 aromatic carbocycles.